The van der Waals surface area contributed by atoms with Crippen LogP contribution in [0.5, 0.6) is 0 Å². The monoisotopic (exact) mass is 188 g/mol. The largest absolute Gasteiger partial charge is 0.409 e. The van der Waals surface area contributed by atoms with Crippen molar-refractivity contribution in [2.45, 2.75) is 20.3 Å². The number of nitrogens with zero attached hydrogens (tertiary/aromatic N) is 2. The molecule has 0 aliphatic heterocycles. The van der Waals surface area contributed by atoms with Gasteiger partial charge in [-0.3, -0.25) is 0 Å². The van der Waals surface area contributed by atoms with Gasteiger partial charge in [0.15, 0.2) is 12.4 Å². The maximum absolute atomic E-state index is 8.15. The van der Waals surface area contributed by atoms with Crippen molar-refractivity contribution in [2.24, 2.45) is 27.7 Å². The number of hydrogen-bond acceptors (Lipinski definition) is 4. The van der Waals surface area contributed by atoms with Gasteiger partial charge in [-0.2, -0.15) is 0 Å². The summed E-state index contributed by atoms with van der Waals surface area (Å²) in [5, 5.41) is 14.4. The summed E-state index contributed by atoms with van der Waals surface area (Å²) in [7, 11) is 0. The van der Waals surface area contributed by atoms with Crippen LogP contribution < -0.4 is 11.5 Å². The van der Waals surface area contributed by atoms with Gasteiger partial charge in [-0.05, 0) is 5.92 Å². The van der Waals surface area contributed by atoms with E-state index in [0.29, 0.717) is 18.2 Å². The van der Waals surface area contributed by atoms with E-state index in [1.165, 1.54) is 0 Å². The summed E-state index contributed by atoms with van der Waals surface area (Å²) in [5.41, 5.74) is 10.6. The molecule has 0 atom stereocenters. The summed E-state index contributed by atoms with van der Waals surface area (Å²) in [6.45, 7) is 3.98. The fourth-order valence-corrected chi connectivity index (χ4v) is 0.666. The zero-order chi connectivity index (χ0) is 10.3. The lowest BCUT2D eigenvalue weighted by atomic mass is 10.1. The van der Waals surface area contributed by atoms with Gasteiger partial charge in [-0.25, -0.2) is 0 Å². The highest BCUT2D eigenvalue weighted by molar-refractivity contribution is 5.81. The van der Waals surface area contributed by atoms with Gasteiger partial charge in [0.1, 0.15) is 5.84 Å². The molecule has 13 heavy (non-hydrogen) atoms. The Balaban J connectivity index is 3.71. The molecule has 0 aliphatic carbocycles. The average Bonchev–Trinajstić information content (AvgIpc) is 2.02. The lowest BCUT2D eigenvalue weighted by Crippen LogP contribution is -2.20. The van der Waals surface area contributed by atoms with Crippen molar-refractivity contribution in [1.29, 1.82) is 0 Å². The highest BCUT2D eigenvalue weighted by Crippen LogP contribution is 1.98. The Bertz CT molecular complexity index is 201. The van der Waals surface area contributed by atoms with Crippen LogP contribution in [0.3, 0.4) is 0 Å². The topological polar surface area (TPSA) is 106 Å². The summed E-state index contributed by atoms with van der Waals surface area (Å²) >= 11 is 0. The molecule has 0 unspecified atom stereocenters. The van der Waals surface area contributed by atoms with Crippen LogP contribution in [0, 0.1) is 5.92 Å². The van der Waals surface area contributed by atoms with Gasteiger partial charge in [0.2, 0.25) is 0 Å². The molecule has 0 radical (unpaired) electrons. The summed E-state index contributed by atoms with van der Waals surface area (Å²) in [4.78, 5) is 4.70. The molecule has 5 N–H and O–H groups in total. The van der Waals surface area contributed by atoms with E-state index in [2.05, 4.69) is 10.3 Å². The molecule has 0 bridgehead atoms. The van der Waals surface area contributed by atoms with Crippen molar-refractivity contribution < 1.29 is 10.0 Å². The van der Waals surface area contributed by atoms with Crippen molar-refractivity contribution in [2.75, 3.05) is 6.61 Å². The number of nitrogens with two attached hydrogens (primary N) is 2. The van der Waals surface area contributed by atoms with Gasteiger partial charge < -0.3 is 21.5 Å². The van der Waals surface area contributed by atoms with E-state index < -0.39 is 0 Å². The van der Waals surface area contributed by atoms with Crippen LogP contribution in [-0.4, -0.2) is 23.5 Å². The van der Waals surface area contributed by atoms with Crippen LogP contribution in [0.25, 0.3) is 0 Å². The van der Waals surface area contributed by atoms with Gasteiger partial charge in [0.25, 0.3) is 0 Å². The number of rotatable bonds is 5. The molecule has 0 rings (SSSR count). The molecule has 0 aromatic carbocycles. The zero-order valence-electron chi connectivity index (χ0n) is 7.90. The van der Waals surface area contributed by atoms with E-state index in [4.69, 9.17) is 21.5 Å². The van der Waals surface area contributed by atoms with Gasteiger partial charge in [-0.15, -0.1) is 0 Å². The Morgan fingerprint density at radius 2 is 2.00 bits per heavy atom. The third-order valence-electron chi connectivity index (χ3n) is 1.14. The van der Waals surface area contributed by atoms with Crippen LogP contribution >= 0.6 is 0 Å². The second kappa shape index (κ2) is 6.10. The molecule has 0 aliphatic rings. The molecule has 76 valence electrons. The van der Waals surface area contributed by atoms with Gasteiger partial charge in [-0.1, -0.05) is 24.2 Å². The summed E-state index contributed by atoms with van der Waals surface area (Å²) < 4.78 is 0. The van der Waals surface area contributed by atoms with E-state index in [1.807, 2.05) is 13.8 Å². The number of hydrogen-bond donors (Lipinski definition) is 3. The molecule has 0 heterocycles. The lowest BCUT2D eigenvalue weighted by Gasteiger charge is -2.03. The maximum Gasteiger partial charge on any atom is 0.180 e. The lowest BCUT2D eigenvalue weighted by molar-refractivity contribution is 0.178. The molecule has 0 fully saturated rings. The van der Waals surface area contributed by atoms with Crippen LogP contribution in [0.1, 0.15) is 20.3 Å². The van der Waals surface area contributed by atoms with Crippen molar-refractivity contribution >= 4 is 11.7 Å². The Labute approximate surface area is 77.2 Å². The van der Waals surface area contributed by atoms with E-state index in [-0.39, 0.29) is 12.4 Å². The minimum atomic E-state index is -0.0602. The molecule has 6 heteroatoms. The number of amidine groups is 2. The first-order valence-electron chi connectivity index (χ1n) is 3.97. The maximum atomic E-state index is 8.15. The first-order valence-corrected chi connectivity index (χ1v) is 3.97. The van der Waals surface area contributed by atoms with Crippen LogP contribution in [0.15, 0.2) is 10.3 Å². The molecule has 0 spiro atoms. The smallest absolute Gasteiger partial charge is 0.180 e. The summed E-state index contributed by atoms with van der Waals surface area (Å²) in [5.74, 6) is 0.790. The standard InChI is InChI=1S/C7H16N4O2/c1-5(2)3-6(8)11-13-4-7(9)10-12/h5,12H,3-4H2,1-2H3,(H2,8,11)(H2,9,10). The highest BCUT2D eigenvalue weighted by atomic mass is 16.6. The molecule has 0 amide bonds. The van der Waals surface area contributed by atoms with Crippen molar-refractivity contribution in [3.05, 3.63) is 0 Å². The fourth-order valence-electron chi connectivity index (χ4n) is 0.666. The molecule has 6 nitrogen and oxygen atoms in total. The van der Waals surface area contributed by atoms with E-state index in [1.54, 1.807) is 0 Å². The summed E-state index contributed by atoms with van der Waals surface area (Å²) in [6.07, 6.45) is 0.663. The Kier molecular flexibility index (Phi) is 5.42. The van der Waals surface area contributed by atoms with Crippen LogP contribution in [0.2, 0.25) is 0 Å². The van der Waals surface area contributed by atoms with Crippen molar-refractivity contribution in [3.63, 3.8) is 0 Å². The van der Waals surface area contributed by atoms with Crippen LogP contribution in [-0.2, 0) is 4.84 Å². The van der Waals surface area contributed by atoms with Crippen molar-refractivity contribution in [3.8, 4) is 0 Å². The normalized spacial score (nSPS) is 13.5. The molecule has 0 saturated carbocycles. The van der Waals surface area contributed by atoms with Gasteiger partial charge in [0, 0.05) is 6.42 Å². The third kappa shape index (κ3) is 6.92. The van der Waals surface area contributed by atoms with E-state index in [0.717, 1.165) is 0 Å². The minimum absolute atomic E-state index is 0.0407. The molecule has 0 aromatic rings. The predicted molar refractivity (Wildman–Crippen MR) is 50.4 cm³/mol. The second-order valence-electron chi connectivity index (χ2n) is 3.05. The fraction of sp³-hybridized carbons (Fsp3) is 0.714. The van der Waals surface area contributed by atoms with Gasteiger partial charge in [0.05, 0.1) is 0 Å². The van der Waals surface area contributed by atoms with E-state index in [9.17, 15) is 0 Å². The first kappa shape index (κ1) is 11.5. The minimum Gasteiger partial charge on any atom is -0.409 e. The first-order chi connectivity index (χ1) is 6.06. The highest BCUT2D eigenvalue weighted by Gasteiger charge is 1.98. The third-order valence-corrected chi connectivity index (χ3v) is 1.14. The Morgan fingerprint density at radius 1 is 1.38 bits per heavy atom. The Morgan fingerprint density at radius 3 is 2.46 bits per heavy atom. The molecular weight excluding hydrogens is 172 g/mol. The molecular formula is C7H16N4O2. The second-order valence-corrected chi connectivity index (χ2v) is 3.05. The van der Waals surface area contributed by atoms with Gasteiger partial charge >= 0.3 is 0 Å². The zero-order valence-corrected chi connectivity index (χ0v) is 7.90. The molecule has 0 aromatic heterocycles. The Hall–Kier alpha value is -1.46. The summed E-state index contributed by atoms with van der Waals surface area (Å²) in [6, 6.07) is 0. The predicted octanol–water partition coefficient (Wildman–Crippen LogP) is 0.0677. The van der Waals surface area contributed by atoms with E-state index >= 15 is 0 Å². The molecule has 0 saturated heterocycles. The average molecular weight is 188 g/mol. The SMILES string of the molecule is CC(C)C/C(N)=N/OC/C(N)=N/O. The quantitative estimate of drug-likeness (QED) is 0.245. The number of oxime groups is 2. The van der Waals surface area contributed by atoms with Crippen LogP contribution in [0.4, 0.5) is 0 Å². The van der Waals surface area contributed by atoms with Crippen molar-refractivity contribution in [1.82, 2.24) is 0 Å².